The zero-order chi connectivity index (χ0) is 14.3. The molecule has 1 rings (SSSR count). The molecule has 1 amide bonds. The molecule has 19 heavy (non-hydrogen) atoms. The molecule has 0 spiro atoms. The number of nitro benzene ring substituents is 1. The van der Waals surface area contributed by atoms with E-state index in [1.165, 1.54) is 11.0 Å². The van der Waals surface area contributed by atoms with Gasteiger partial charge in [0.15, 0.2) is 0 Å². The normalized spacial score (nSPS) is 10.2. The maximum Gasteiger partial charge on any atom is 0.273 e. The molecule has 0 aliphatic carbocycles. The number of nitrogens with zero attached hydrogens (tertiary/aromatic N) is 2. The maximum atomic E-state index is 12.1. The van der Waals surface area contributed by atoms with Gasteiger partial charge in [0.25, 0.3) is 5.69 Å². The number of hydrogen-bond donors (Lipinski definition) is 0. The summed E-state index contributed by atoms with van der Waals surface area (Å²) in [6.45, 7) is 0.765. The summed E-state index contributed by atoms with van der Waals surface area (Å²) in [5, 5.41) is 10.9. The molecule has 104 valence electrons. The summed E-state index contributed by atoms with van der Waals surface area (Å²) in [6, 6.07) is 6.20. The monoisotopic (exact) mass is 304 g/mol. The third kappa shape index (κ3) is 4.69. The number of alkyl halides is 2. The summed E-state index contributed by atoms with van der Waals surface area (Å²) in [5.74, 6) is 0.398. The summed E-state index contributed by atoms with van der Waals surface area (Å²) in [5.41, 5.74) is 0.346. The van der Waals surface area contributed by atoms with Gasteiger partial charge in [-0.05, 0) is 0 Å². The lowest BCUT2D eigenvalue weighted by atomic mass is 10.1. The Kier molecular flexibility index (Phi) is 6.59. The SMILES string of the molecule is O=C(Cc1ccccc1[N+](=O)[O-])N(CCCl)CCCl. The van der Waals surface area contributed by atoms with E-state index in [9.17, 15) is 14.9 Å². The van der Waals surface area contributed by atoms with Crippen LogP contribution in [0.2, 0.25) is 0 Å². The van der Waals surface area contributed by atoms with Crippen molar-refractivity contribution in [1.29, 1.82) is 0 Å². The fourth-order valence-electron chi connectivity index (χ4n) is 1.68. The molecule has 0 saturated heterocycles. The van der Waals surface area contributed by atoms with E-state index in [2.05, 4.69) is 0 Å². The zero-order valence-corrected chi connectivity index (χ0v) is 11.7. The third-order valence-electron chi connectivity index (χ3n) is 2.59. The molecule has 0 aromatic heterocycles. The number of rotatable bonds is 7. The zero-order valence-electron chi connectivity index (χ0n) is 10.2. The Hall–Kier alpha value is -1.33. The Bertz CT molecular complexity index is 448. The fraction of sp³-hybridized carbons (Fsp3) is 0.417. The van der Waals surface area contributed by atoms with Crippen LogP contribution in [0.1, 0.15) is 5.56 Å². The topological polar surface area (TPSA) is 63.4 Å². The molecule has 0 atom stereocenters. The first-order valence-corrected chi connectivity index (χ1v) is 6.79. The van der Waals surface area contributed by atoms with Crippen LogP contribution in [0, 0.1) is 10.1 Å². The highest BCUT2D eigenvalue weighted by atomic mass is 35.5. The molecule has 1 aromatic rings. The average molecular weight is 305 g/mol. The summed E-state index contributed by atoms with van der Waals surface area (Å²) >= 11 is 11.2. The van der Waals surface area contributed by atoms with Crippen molar-refractivity contribution >= 4 is 34.8 Å². The number of halogens is 2. The molecule has 0 heterocycles. The first kappa shape index (κ1) is 15.7. The van der Waals surface area contributed by atoms with E-state index in [0.717, 1.165) is 0 Å². The standard InChI is InChI=1S/C12H14Cl2N2O3/c13-5-7-15(8-6-14)12(17)9-10-3-1-2-4-11(10)16(18)19/h1-4H,5-9H2. The second-order valence-corrected chi connectivity index (χ2v) is 4.58. The molecule has 0 aliphatic rings. The third-order valence-corrected chi connectivity index (χ3v) is 2.93. The second-order valence-electron chi connectivity index (χ2n) is 3.82. The van der Waals surface area contributed by atoms with Gasteiger partial charge in [0.05, 0.1) is 11.3 Å². The molecule has 7 heteroatoms. The van der Waals surface area contributed by atoms with E-state index in [-0.39, 0.29) is 18.0 Å². The van der Waals surface area contributed by atoms with Crippen LogP contribution >= 0.6 is 23.2 Å². The van der Waals surface area contributed by atoms with Gasteiger partial charge in [0.2, 0.25) is 5.91 Å². The van der Waals surface area contributed by atoms with Crippen LogP contribution in [0.15, 0.2) is 24.3 Å². The average Bonchev–Trinajstić information content (AvgIpc) is 2.38. The lowest BCUT2D eigenvalue weighted by Crippen LogP contribution is -2.35. The highest BCUT2D eigenvalue weighted by Gasteiger charge is 2.19. The van der Waals surface area contributed by atoms with Gasteiger partial charge in [-0.2, -0.15) is 0 Å². The highest BCUT2D eigenvalue weighted by molar-refractivity contribution is 6.18. The number of benzene rings is 1. The van der Waals surface area contributed by atoms with Crippen LogP contribution in [-0.2, 0) is 11.2 Å². The van der Waals surface area contributed by atoms with E-state index >= 15 is 0 Å². The quantitative estimate of drug-likeness (QED) is 0.441. The van der Waals surface area contributed by atoms with Gasteiger partial charge in [-0.25, -0.2) is 0 Å². The number of carbonyl (C=O) groups excluding carboxylic acids is 1. The van der Waals surface area contributed by atoms with Gasteiger partial charge in [0.1, 0.15) is 0 Å². The molecule has 1 aromatic carbocycles. The number of carbonyl (C=O) groups is 1. The van der Waals surface area contributed by atoms with E-state index in [4.69, 9.17) is 23.2 Å². The predicted octanol–water partition coefficient (Wildman–Crippen LogP) is 2.44. The van der Waals surface area contributed by atoms with Crippen molar-refractivity contribution in [3.05, 3.63) is 39.9 Å². The Morgan fingerprint density at radius 2 is 1.79 bits per heavy atom. The Labute approximate surface area is 121 Å². The first-order chi connectivity index (χ1) is 9.10. The number of amides is 1. The summed E-state index contributed by atoms with van der Waals surface area (Å²) in [7, 11) is 0. The fourth-order valence-corrected chi connectivity index (χ4v) is 2.09. The molecule has 0 radical (unpaired) electrons. The van der Waals surface area contributed by atoms with Crippen molar-refractivity contribution < 1.29 is 9.72 Å². The summed E-state index contributed by atoms with van der Waals surface area (Å²) in [6.07, 6.45) is -0.0229. The van der Waals surface area contributed by atoms with Crippen molar-refractivity contribution in [3.8, 4) is 0 Å². The van der Waals surface area contributed by atoms with Crippen LogP contribution in [0.3, 0.4) is 0 Å². The molecule has 0 aliphatic heterocycles. The lowest BCUT2D eigenvalue weighted by Gasteiger charge is -2.20. The van der Waals surface area contributed by atoms with Crippen molar-refractivity contribution in [3.63, 3.8) is 0 Å². The first-order valence-electron chi connectivity index (χ1n) is 5.72. The molecular formula is C12H14Cl2N2O3. The van der Waals surface area contributed by atoms with Crippen LogP contribution < -0.4 is 0 Å². The minimum Gasteiger partial charge on any atom is -0.340 e. The van der Waals surface area contributed by atoms with E-state index in [1.807, 2.05) is 0 Å². The van der Waals surface area contributed by atoms with Crippen LogP contribution in [-0.4, -0.2) is 40.6 Å². The highest BCUT2D eigenvalue weighted by Crippen LogP contribution is 2.18. The van der Waals surface area contributed by atoms with Crippen molar-refractivity contribution in [1.82, 2.24) is 4.90 Å². The van der Waals surface area contributed by atoms with Crippen molar-refractivity contribution in [2.45, 2.75) is 6.42 Å². The van der Waals surface area contributed by atoms with Gasteiger partial charge in [-0.15, -0.1) is 23.2 Å². The molecule has 0 saturated carbocycles. The molecule has 0 N–H and O–H groups in total. The van der Waals surface area contributed by atoms with E-state index in [1.54, 1.807) is 18.2 Å². The minimum atomic E-state index is -0.490. The van der Waals surface area contributed by atoms with Gasteiger partial charge < -0.3 is 4.90 Å². The Morgan fingerprint density at radius 1 is 1.21 bits per heavy atom. The molecule has 0 bridgehead atoms. The van der Waals surface area contributed by atoms with Gasteiger partial charge in [-0.3, -0.25) is 14.9 Å². The van der Waals surface area contributed by atoms with Gasteiger partial charge in [-0.1, -0.05) is 18.2 Å². The van der Waals surface area contributed by atoms with Gasteiger partial charge >= 0.3 is 0 Å². The largest absolute Gasteiger partial charge is 0.340 e. The Balaban J connectivity index is 2.83. The molecular weight excluding hydrogens is 291 g/mol. The maximum absolute atomic E-state index is 12.1. The van der Waals surface area contributed by atoms with Crippen LogP contribution in [0.25, 0.3) is 0 Å². The van der Waals surface area contributed by atoms with Crippen LogP contribution in [0.5, 0.6) is 0 Å². The van der Waals surface area contributed by atoms with E-state index in [0.29, 0.717) is 30.4 Å². The molecule has 5 nitrogen and oxygen atoms in total. The van der Waals surface area contributed by atoms with Crippen molar-refractivity contribution in [2.75, 3.05) is 24.8 Å². The Morgan fingerprint density at radius 3 is 2.32 bits per heavy atom. The number of nitro groups is 1. The molecule has 0 fully saturated rings. The van der Waals surface area contributed by atoms with Crippen LogP contribution in [0.4, 0.5) is 5.69 Å². The lowest BCUT2D eigenvalue weighted by molar-refractivity contribution is -0.385. The van der Waals surface area contributed by atoms with Crippen molar-refractivity contribution in [2.24, 2.45) is 0 Å². The van der Waals surface area contributed by atoms with E-state index < -0.39 is 4.92 Å². The summed E-state index contributed by atoms with van der Waals surface area (Å²) in [4.78, 5) is 23.9. The van der Waals surface area contributed by atoms with Gasteiger partial charge in [0, 0.05) is 36.5 Å². The molecule has 0 unspecified atom stereocenters. The predicted molar refractivity (Wildman–Crippen MR) is 74.8 cm³/mol. The summed E-state index contributed by atoms with van der Waals surface area (Å²) < 4.78 is 0. The minimum absolute atomic E-state index is 0.0229. The number of para-hydroxylation sites is 1. The second kappa shape index (κ2) is 7.96. The smallest absolute Gasteiger partial charge is 0.273 e. The number of hydrogen-bond acceptors (Lipinski definition) is 3.